The molecule has 1 heterocycles. The van der Waals surface area contributed by atoms with E-state index in [1.54, 1.807) is 25.2 Å². The predicted octanol–water partition coefficient (Wildman–Crippen LogP) is 4.44. The van der Waals surface area contributed by atoms with Crippen LogP contribution < -0.4 is 19.7 Å². The molecule has 1 amide bonds. The van der Waals surface area contributed by atoms with Gasteiger partial charge >= 0.3 is 0 Å². The molecule has 2 rings (SSSR count). The second kappa shape index (κ2) is 9.46. The van der Waals surface area contributed by atoms with E-state index in [0.717, 1.165) is 30.9 Å². The third-order valence-electron chi connectivity index (χ3n) is 4.10. The van der Waals surface area contributed by atoms with Gasteiger partial charge in [0.25, 0.3) is 5.91 Å². The zero-order valence-corrected chi connectivity index (χ0v) is 17.2. The van der Waals surface area contributed by atoms with Crippen LogP contribution in [-0.2, 0) is 0 Å². The maximum Gasteiger partial charge on any atom is 0.258 e. The number of benzene rings is 1. The van der Waals surface area contributed by atoms with Crippen LogP contribution in [0.3, 0.4) is 0 Å². The largest absolute Gasteiger partial charge is 0.493 e. The molecule has 0 aliphatic rings. The minimum absolute atomic E-state index is 0.236. The van der Waals surface area contributed by atoms with E-state index in [9.17, 15) is 4.79 Å². The number of hydrogen-bond acceptors (Lipinski definition) is 5. The van der Waals surface area contributed by atoms with Gasteiger partial charge in [0, 0.05) is 36.9 Å². The lowest BCUT2D eigenvalue weighted by Crippen LogP contribution is -2.29. The fourth-order valence-corrected chi connectivity index (χ4v) is 3.00. The van der Waals surface area contributed by atoms with Crippen molar-refractivity contribution in [2.24, 2.45) is 0 Å². The Kier molecular flexibility index (Phi) is 7.30. The van der Waals surface area contributed by atoms with E-state index < -0.39 is 0 Å². The van der Waals surface area contributed by atoms with Crippen LogP contribution in [0.25, 0.3) is 0 Å². The Labute approximate surface area is 165 Å². The molecule has 0 fully saturated rings. The third-order valence-corrected chi connectivity index (χ3v) is 4.33. The molecule has 1 N–H and O–H groups in total. The summed E-state index contributed by atoms with van der Waals surface area (Å²) in [4.78, 5) is 19.3. The zero-order chi connectivity index (χ0) is 20.0. The lowest BCUT2D eigenvalue weighted by atomic mass is 10.1. The fraction of sp³-hybridized carbons (Fsp3) is 0.400. The Bertz CT molecular complexity index is 811. The second-order valence-corrected chi connectivity index (χ2v) is 6.46. The smallest absolute Gasteiger partial charge is 0.258 e. The molecule has 7 heteroatoms. The molecule has 0 saturated heterocycles. The first-order valence-corrected chi connectivity index (χ1v) is 9.32. The van der Waals surface area contributed by atoms with E-state index in [4.69, 9.17) is 21.1 Å². The van der Waals surface area contributed by atoms with Gasteiger partial charge in [0.2, 0.25) is 5.88 Å². The Morgan fingerprint density at radius 3 is 2.59 bits per heavy atom. The molecular formula is C20H26ClN3O3. The highest BCUT2D eigenvalue weighted by atomic mass is 35.5. The molecule has 0 spiro atoms. The van der Waals surface area contributed by atoms with E-state index in [0.29, 0.717) is 22.1 Å². The Morgan fingerprint density at radius 1 is 1.26 bits per heavy atom. The summed E-state index contributed by atoms with van der Waals surface area (Å²) in [7, 11) is 3.13. The van der Waals surface area contributed by atoms with Gasteiger partial charge in [-0.25, -0.2) is 4.98 Å². The highest BCUT2D eigenvalue weighted by Crippen LogP contribution is 2.37. The summed E-state index contributed by atoms with van der Waals surface area (Å²) < 4.78 is 11.4. The van der Waals surface area contributed by atoms with Crippen LogP contribution in [0.5, 0.6) is 17.4 Å². The van der Waals surface area contributed by atoms with E-state index in [1.807, 2.05) is 13.0 Å². The molecule has 0 atom stereocenters. The maximum absolute atomic E-state index is 12.7. The molecule has 0 saturated carbocycles. The molecule has 0 radical (unpaired) electrons. The highest BCUT2D eigenvalue weighted by Gasteiger charge is 2.23. The lowest BCUT2D eigenvalue weighted by molar-refractivity contribution is 0.0960. The number of ether oxygens (including phenoxy) is 2. The van der Waals surface area contributed by atoms with Gasteiger partial charge in [-0.05, 0) is 38.5 Å². The molecule has 27 heavy (non-hydrogen) atoms. The van der Waals surface area contributed by atoms with Crippen LogP contribution in [0, 0.1) is 6.92 Å². The summed E-state index contributed by atoms with van der Waals surface area (Å²) in [6.07, 6.45) is 0.962. The van der Waals surface area contributed by atoms with Crippen LogP contribution >= 0.6 is 11.6 Å². The quantitative estimate of drug-likeness (QED) is 0.720. The van der Waals surface area contributed by atoms with Crippen molar-refractivity contribution in [1.29, 1.82) is 0 Å². The highest BCUT2D eigenvalue weighted by molar-refractivity contribution is 6.30. The lowest BCUT2D eigenvalue weighted by Gasteiger charge is -2.26. The van der Waals surface area contributed by atoms with Crippen LogP contribution in [0.2, 0.25) is 5.02 Å². The van der Waals surface area contributed by atoms with Crippen molar-refractivity contribution < 1.29 is 14.3 Å². The summed E-state index contributed by atoms with van der Waals surface area (Å²) in [5.41, 5.74) is 1.96. The Balaban J connectivity index is 2.61. The molecule has 0 aliphatic heterocycles. The van der Waals surface area contributed by atoms with Crippen molar-refractivity contribution in [3.8, 4) is 17.4 Å². The van der Waals surface area contributed by atoms with Gasteiger partial charge < -0.3 is 19.7 Å². The number of rotatable bonds is 8. The van der Waals surface area contributed by atoms with Crippen LogP contribution in [-0.4, -0.2) is 38.1 Å². The number of carbonyl (C=O) groups is 1. The molecule has 0 aliphatic carbocycles. The Hall–Kier alpha value is -2.47. The van der Waals surface area contributed by atoms with Crippen molar-refractivity contribution in [2.45, 2.75) is 27.2 Å². The van der Waals surface area contributed by atoms with E-state index >= 15 is 0 Å². The first kappa shape index (κ1) is 20.8. The number of halogens is 1. The monoisotopic (exact) mass is 391 g/mol. The van der Waals surface area contributed by atoms with Crippen molar-refractivity contribution in [2.75, 3.05) is 32.1 Å². The standard InChI is InChI=1S/C20H26ClN3O3/c1-6-10-24(7-2)15-11-13(3)23-20(18(15)19(25)22-4)27-16-9-8-14(21)12-17(16)26-5/h8-9,11-12H,6-7,10H2,1-5H3,(H,22,25). The van der Waals surface area contributed by atoms with Crippen molar-refractivity contribution in [3.05, 3.63) is 40.5 Å². The fourth-order valence-electron chi connectivity index (χ4n) is 2.84. The van der Waals surface area contributed by atoms with Crippen LogP contribution in [0.15, 0.2) is 24.3 Å². The minimum atomic E-state index is -0.255. The SMILES string of the molecule is CCCN(CC)c1cc(C)nc(Oc2ccc(Cl)cc2OC)c1C(=O)NC. The summed E-state index contributed by atoms with van der Waals surface area (Å²) >= 11 is 6.03. The first-order valence-electron chi connectivity index (χ1n) is 8.95. The zero-order valence-electron chi connectivity index (χ0n) is 16.4. The number of pyridine rings is 1. The minimum Gasteiger partial charge on any atom is -0.493 e. The van der Waals surface area contributed by atoms with Gasteiger partial charge in [-0.3, -0.25) is 4.79 Å². The van der Waals surface area contributed by atoms with Gasteiger partial charge in [-0.1, -0.05) is 18.5 Å². The summed E-state index contributed by atoms with van der Waals surface area (Å²) in [6.45, 7) is 7.63. The molecule has 146 valence electrons. The number of aromatic nitrogens is 1. The van der Waals surface area contributed by atoms with E-state index in [-0.39, 0.29) is 11.8 Å². The molecule has 0 bridgehead atoms. The van der Waals surface area contributed by atoms with Gasteiger partial charge in [0.1, 0.15) is 5.56 Å². The van der Waals surface area contributed by atoms with Gasteiger partial charge in [0.05, 0.1) is 12.8 Å². The number of anilines is 1. The number of hydrogen-bond donors (Lipinski definition) is 1. The summed E-state index contributed by atoms with van der Waals surface area (Å²) in [5, 5.41) is 3.22. The number of nitrogens with one attached hydrogen (secondary N) is 1. The average Bonchev–Trinajstić information content (AvgIpc) is 2.66. The molecule has 0 unspecified atom stereocenters. The summed E-state index contributed by atoms with van der Waals surface area (Å²) in [5.74, 6) is 0.889. The molecular weight excluding hydrogens is 366 g/mol. The topological polar surface area (TPSA) is 63.7 Å². The molecule has 1 aromatic heterocycles. The number of nitrogens with zero attached hydrogens (tertiary/aromatic N) is 2. The van der Waals surface area contributed by atoms with Gasteiger partial charge in [-0.15, -0.1) is 0 Å². The van der Waals surface area contributed by atoms with Crippen molar-refractivity contribution >= 4 is 23.2 Å². The number of carbonyl (C=O) groups excluding carboxylic acids is 1. The van der Waals surface area contributed by atoms with Crippen molar-refractivity contribution in [3.63, 3.8) is 0 Å². The summed E-state index contributed by atoms with van der Waals surface area (Å²) in [6, 6.07) is 6.96. The van der Waals surface area contributed by atoms with Gasteiger partial charge in [-0.2, -0.15) is 0 Å². The van der Waals surface area contributed by atoms with E-state index in [1.165, 1.54) is 7.11 Å². The van der Waals surface area contributed by atoms with Crippen LogP contribution in [0.4, 0.5) is 5.69 Å². The van der Waals surface area contributed by atoms with Crippen molar-refractivity contribution in [1.82, 2.24) is 10.3 Å². The maximum atomic E-state index is 12.7. The first-order chi connectivity index (χ1) is 12.9. The predicted molar refractivity (Wildman–Crippen MR) is 109 cm³/mol. The Morgan fingerprint density at radius 2 is 2.00 bits per heavy atom. The molecule has 6 nitrogen and oxygen atoms in total. The van der Waals surface area contributed by atoms with Crippen LogP contribution in [0.1, 0.15) is 36.3 Å². The molecule has 1 aromatic carbocycles. The van der Waals surface area contributed by atoms with E-state index in [2.05, 4.69) is 29.0 Å². The van der Waals surface area contributed by atoms with Gasteiger partial charge in [0.15, 0.2) is 11.5 Å². The molecule has 2 aromatic rings. The number of amides is 1. The average molecular weight is 392 g/mol. The third kappa shape index (κ3) is 4.83. The second-order valence-electron chi connectivity index (χ2n) is 6.02. The normalized spacial score (nSPS) is 10.4. The number of aryl methyl sites for hydroxylation is 1. The number of methoxy groups -OCH3 is 1.